The molecule has 1 saturated carbocycles. The van der Waals surface area contributed by atoms with E-state index in [0.717, 1.165) is 19.3 Å². The van der Waals surface area contributed by atoms with Gasteiger partial charge in [-0.15, -0.1) is 0 Å². The first kappa shape index (κ1) is 15.4. The lowest BCUT2D eigenvalue weighted by atomic mass is 10.2. The Hall–Kier alpha value is -1.96. The molecule has 1 heterocycles. The zero-order valence-electron chi connectivity index (χ0n) is 12.5. The number of anilines is 2. The highest BCUT2D eigenvalue weighted by Crippen LogP contribution is 2.31. The van der Waals surface area contributed by atoms with Crippen molar-refractivity contribution in [2.75, 3.05) is 24.3 Å². The predicted molar refractivity (Wildman–Crippen MR) is 79.6 cm³/mol. The second-order valence-corrected chi connectivity index (χ2v) is 5.07. The van der Waals surface area contributed by atoms with Crippen molar-refractivity contribution in [3.8, 4) is 0 Å². The Bertz CT molecular complexity index is 523. The molecule has 0 aliphatic heterocycles. The van der Waals surface area contributed by atoms with Gasteiger partial charge in [0.1, 0.15) is 5.69 Å². The summed E-state index contributed by atoms with van der Waals surface area (Å²) in [4.78, 5) is 19.2. The van der Waals surface area contributed by atoms with Crippen molar-refractivity contribution in [2.24, 2.45) is 0 Å². The van der Waals surface area contributed by atoms with Crippen LogP contribution in [0.2, 0.25) is 0 Å². The third kappa shape index (κ3) is 3.38. The molecule has 2 unspecified atom stereocenters. The van der Waals surface area contributed by atoms with Crippen molar-refractivity contribution in [1.82, 2.24) is 9.97 Å². The molecule has 1 aliphatic carbocycles. The van der Waals surface area contributed by atoms with Gasteiger partial charge in [0.05, 0.1) is 17.1 Å². The van der Waals surface area contributed by atoms with Crippen LogP contribution in [0.4, 0.5) is 17.5 Å². The summed E-state index contributed by atoms with van der Waals surface area (Å²) < 4.78 is 5.41. The van der Waals surface area contributed by atoms with Crippen LogP contribution in [-0.4, -0.2) is 40.7 Å². The topological polar surface area (TPSA) is 102 Å². The first-order valence-corrected chi connectivity index (χ1v) is 7.13. The number of aryl methyl sites for hydroxylation is 1. The Morgan fingerprint density at radius 1 is 1.43 bits per heavy atom. The van der Waals surface area contributed by atoms with E-state index in [4.69, 9.17) is 4.74 Å². The molecule has 0 aromatic carbocycles. The van der Waals surface area contributed by atoms with Gasteiger partial charge in [-0.3, -0.25) is 10.1 Å². The number of aromatic nitrogens is 2. The molecule has 0 saturated heterocycles. The van der Waals surface area contributed by atoms with Crippen molar-refractivity contribution in [2.45, 2.75) is 45.3 Å². The summed E-state index contributed by atoms with van der Waals surface area (Å²) in [6.45, 7) is 4.19. The molecule has 0 radical (unpaired) electrons. The maximum atomic E-state index is 11.3. The Morgan fingerprint density at radius 3 is 2.81 bits per heavy atom. The van der Waals surface area contributed by atoms with Crippen molar-refractivity contribution in [3.63, 3.8) is 0 Å². The molecule has 0 amide bonds. The van der Waals surface area contributed by atoms with Crippen LogP contribution in [0, 0.1) is 17.0 Å². The van der Waals surface area contributed by atoms with E-state index in [0.29, 0.717) is 18.2 Å². The standard InChI is InChI=1S/C13H21N5O3/c1-4-14-13-15-8(2)11(18(19)20)12(17-13)16-9-6-5-7-10(9)21-3/h9-10H,4-7H2,1-3H3,(H2,14,15,16,17). The molecular formula is C13H21N5O3. The zero-order valence-corrected chi connectivity index (χ0v) is 12.5. The van der Waals surface area contributed by atoms with E-state index in [1.54, 1.807) is 14.0 Å². The quantitative estimate of drug-likeness (QED) is 0.612. The van der Waals surface area contributed by atoms with Crippen molar-refractivity contribution < 1.29 is 9.66 Å². The summed E-state index contributed by atoms with van der Waals surface area (Å²) in [5.41, 5.74) is 0.277. The Kier molecular flexibility index (Phi) is 4.89. The van der Waals surface area contributed by atoms with Gasteiger partial charge in [0.25, 0.3) is 0 Å². The second-order valence-electron chi connectivity index (χ2n) is 5.07. The molecule has 0 spiro atoms. The first-order chi connectivity index (χ1) is 10.1. The molecule has 1 aliphatic rings. The second kappa shape index (κ2) is 6.66. The molecule has 21 heavy (non-hydrogen) atoms. The lowest BCUT2D eigenvalue weighted by Crippen LogP contribution is -2.30. The molecule has 1 aromatic heterocycles. The fraction of sp³-hybridized carbons (Fsp3) is 0.692. The number of ether oxygens (including phenoxy) is 1. The van der Waals surface area contributed by atoms with E-state index in [9.17, 15) is 10.1 Å². The normalized spacial score (nSPS) is 21.3. The number of nitrogens with one attached hydrogen (secondary N) is 2. The predicted octanol–water partition coefficient (Wildman–Crippen LogP) is 2.10. The molecule has 2 rings (SSSR count). The molecule has 1 aromatic rings. The average molecular weight is 295 g/mol. The Morgan fingerprint density at radius 2 is 2.19 bits per heavy atom. The minimum absolute atomic E-state index is 0.0393. The van der Waals surface area contributed by atoms with Crippen LogP contribution in [0.1, 0.15) is 31.9 Å². The van der Waals surface area contributed by atoms with Crippen LogP contribution < -0.4 is 10.6 Å². The molecule has 116 valence electrons. The number of methoxy groups -OCH3 is 1. The molecule has 8 heteroatoms. The Balaban J connectivity index is 2.32. The fourth-order valence-corrected chi connectivity index (χ4v) is 2.67. The van der Waals surface area contributed by atoms with Gasteiger partial charge in [-0.1, -0.05) is 0 Å². The lowest BCUT2D eigenvalue weighted by molar-refractivity contribution is -0.385. The largest absolute Gasteiger partial charge is 0.379 e. The van der Waals surface area contributed by atoms with E-state index < -0.39 is 4.92 Å². The molecule has 2 atom stereocenters. The van der Waals surface area contributed by atoms with Gasteiger partial charge in [0.15, 0.2) is 0 Å². The van der Waals surface area contributed by atoms with E-state index >= 15 is 0 Å². The molecular weight excluding hydrogens is 274 g/mol. The Labute approximate surface area is 123 Å². The van der Waals surface area contributed by atoms with E-state index in [1.165, 1.54) is 0 Å². The van der Waals surface area contributed by atoms with Crippen LogP contribution in [0.3, 0.4) is 0 Å². The minimum Gasteiger partial charge on any atom is -0.379 e. The van der Waals surface area contributed by atoms with Crippen molar-refractivity contribution >= 4 is 17.5 Å². The SMILES string of the molecule is CCNc1nc(C)c([N+](=O)[O-])c(NC2CCCC2OC)n1. The van der Waals surface area contributed by atoms with Gasteiger partial charge in [-0.05, 0) is 33.1 Å². The number of hydrogen-bond donors (Lipinski definition) is 2. The monoisotopic (exact) mass is 295 g/mol. The highest BCUT2D eigenvalue weighted by molar-refractivity contribution is 5.61. The molecule has 1 fully saturated rings. The van der Waals surface area contributed by atoms with Crippen molar-refractivity contribution in [3.05, 3.63) is 15.8 Å². The summed E-state index contributed by atoms with van der Waals surface area (Å²) in [5, 5.41) is 17.4. The third-order valence-electron chi connectivity index (χ3n) is 3.65. The summed E-state index contributed by atoms with van der Waals surface area (Å²) in [5.74, 6) is 0.660. The first-order valence-electron chi connectivity index (χ1n) is 7.13. The average Bonchev–Trinajstić information content (AvgIpc) is 2.85. The molecule has 2 N–H and O–H groups in total. The highest BCUT2D eigenvalue weighted by atomic mass is 16.6. The highest BCUT2D eigenvalue weighted by Gasteiger charge is 2.31. The summed E-state index contributed by atoms with van der Waals surface area (Å²) in [6, 6.07) is 0.0393. The third-order valence-corrected chi connectivity index (χ3v) is 3.65. The van der Waals surface area contributed by atoms with Gasteiger partial charge >= 0.3 is 5.69 Å². The van der Waals surface area contributed by atoms with Gasteiger partial charge < -0.3 is 15.4 Å². The van der Waals surface area contributed by atoms with Gasteiger partial charge in [0.2, 0.25) is 11.8 Å². The van der Waals surface area contributed by atoms with Crippen LogP contribution in [0.15, 0.2) is 0 Å². The van der Waals surface area contributed by atoms with Gasteiger partial charge in [-0.2, -0.15) is 4.98 Å². The number of rotatable bonds is 6. The summed E-state index contributed by atoms with van der Waals surface area (Å²) in [6.07, 6.45) is 2.96. The minimum atomic E-state index is -0.440. The number of nitro groups is 1. The van der Waals surface area contributed by atoms with Crippen LogP contribution in [0.5, 0.6) is 0 Å². The zero-order chi connectivity index (χ0) is 15.4. The number of hydrogen-bond acceptors (Lipinski definition) is 7. The van der Waals surface area contributed by atoms with Gasteiger partial charge in [-0.25, -0.2) is 4.98 Å². The maximum Gasteiger partial charge on any atom is 0.332 e. The smallest absolute Gasteiger partial charge is 0.332 e. The molecule has 8 nitrogen and oxygen atoms in total. The van der Waals surface area contributed by atoms with E-state index in [1.807, 2.05) is 6.92 Å². The lowest BCUT2D eigenvalue weighted by Gasteiger charge is -2.20. The van der Waals surface area contributed by atoms with E-state index in [2.05, 4.69) is 20.6 Å². The van der Waals surface area contributed by atoms with Crippen LogP contribution in [0.25, 0.3) is 0 Å². The van der Waals surface area contributed by atoms with E-state index in [-0.39, 0.29) is 23.7 Å². The molecule has 0 bridgehead atoms. The van der Waals surface area contributed by atoms with Crippen LogP contribution in [-0.2, 0) is 4.74 Å². The maximum absolute atomic E-state index is 11.3. The fourth-order valence-electron chi connectivity index (χ4n) is 2.67. The van der Waals surface area contributed by atoms with Crippen LogP contribution >= 0.6 is 0 Å². The summed E-state index contributed by atoms with van der Waals surface area (Å²) >= 11 is 0. The van der Waals surface area contributed by atoms with Crippen molar-refractivity contribution in [1.29, 1.82) is 0 Å². The van der Waals surface area contributed by atoms with Gasteiger partial charge in [0, 0.05) is 13.7 Å². The summed E-state index contributed by atoms with van der Waals surface area (Å²) in [7, 11) is 1.66. The number of nitrogens with zero attached hydrogens (tertiary/aromatic N) is 3.